The molecule has 0 saturated heterocycles. The van der Waals surface area contributed by atoms with Crippen molar-refractivity contribution in [1.82, 2.24) is 4.90 Å². The molecule has 0 radical (unpaired) electrons. The summed E-state index contributed by atoms with van der Waals surface area (Å²) in [5, 5.41) is 12.1. The molecule has 3 rings (SSSR count). The lowest BCUT2D eigenvalue weighted by molar-refractivity contribution is 0.0799. The summed E-state index contributed by atoms with van der Waals surface area (Å²) in [5.74, 6) is 6.24. The van der Waals surface area contributed by atoms with Crippen LogP contribution in [0, 0.1) is 30.1 Å². The third kappa shape index (κ3) is 4.12. The molecule has 0 spiro atoms. The summed E-state index contributed by atoms with van der Waals surface area (Å²) in [6, 6.07) is 15.1. The molecular weight excluding hydrogens is 322 g/mol. The van der Waals surface area contributed by atoms with Gasteiger partial charge in [0.05, 0.1) is 18.2 Å². The minimum atomic E-state index is 0.0612. The van der Waals surface area contributed by atoms with Crippen LogP contribution < -0.4 is 5.32 Å². The number of rotatable bonds is 3. The maximum atomic E-state index is 12.5. The van der Waals surface area contributed by atoms with E-state index in [-0.39, 0.29) is 5.91 Å². The van der Waals surface area contributed by atoms with Gasteiger partial charge < -0.3 is 10.2 Å². The average Bonchev–Trinajstić information content (AvgIpc) is 3.20. The van der Waals surface area contributed by atoms with E-state index in [0.29, 0.717) is 25.2 Å². The van der Waals surface area contributed by atoms with E-state index in [1.165, 1.54) is 0 Å². The molecule has 0 aliphatic carbocycles. The van der Waals surface area contributed by atoms with Gasteiger partial charge in [0.2, 0.25) is 0 Å². The van der Waals surface area contributed by atoms with Crippen LogP contribution in [0.3, 0.4) is 0 Å². The highest BCUT2D eigenvalue weighted by molar-refractivity contribution is 5.96. The van der Waals surface area contributed by atoms with Gasteiger partial charge in [0, 0.05) is 29.9 Å². The Morgan fingerprint density at radius 2 is 1.96 bits per heavy atom. The Morgan fingerprint density at radius 1 is 1.15 bits per heavy atom. The third-order valence-corrected chi connectivity index (χ3v) is 4.17. The van der Waals surface area contributed by atoms with Gasteiger partial charge >= 0.3 is 0 Å². The molecule has 4 nitrogen and oxygen atoms in total. The summed E-state index contributed by atoms with van der Waals surface area (Å²) in [4.78, 5) is 14.3. The van der Waals surface area contributed by atoms with Crippen molar-refractivity contribution in [1.29, 1.82) is 5.26 Å². The molecular formula is C22H19N3O. The highest BCUT2D eigenvalue weighted by Crippen LogP contribution is 2.15. The second-order valence-electron chi connectivity index (χ2n) is 6.06. The molecule has 128 valence electrons. The number of nitriles is 1. The number of carbonyl (C=O) groups excluding carboxylic acids is 1. The molecule has 4 heteroatoms. The number of hydrogen-bond acceptors (Lipinski definition) is 3. The summed E-state index contributed by atoms with van der Waals surface area (Å²) in [5.41, 5.74) is 4.03. The smallest absolute Gasteiger partial charge is 0.254 e. The van der Waals surface area contributed by atoms with E-state index in [0.717, 1.165) is 22.4 Å². The largest absolute Gasteiger partial charge is 0.374 e. The first-order valence-electron chi connectivity index (χ1n) is 8.45. The molecule has 2 aromatic carbocycles. The van der Waals surface area contributed by atoms with Gasteiger partial charge in [-0.1, -0.05) is 30.1 Å². The van der Waals surface area contributed by atoms with E-state index in [1.54, 1.807) is 12.1 Å². The molecule has 26 heavy (non-hydrogen) atoms. The number of carbonyl (C=O) groups is 1. The molecule has 0 atom stereocenters. The van der Waals surface area contributed by atoms with Crippen molar-refractivity contribution in [2.75, 3.05) is 25.0 Å². The zero-order valence-electron chi connectivity index (χ0n) is 14.6. The fourth-order valence-corrected chi connectivity index (χ4v) is 2.79. The number of amides is 1. The van der Waals surface area contributed by atoms with Crippen LogP contribution in [0.4, 0.5) is 5.69 Å². The second kappa shape index (κ2) is 8.05. The molecule has 2 aromatic rings. The van der Waals surface area contributed by atoms with Crippen molar-refractivity contribution < 1.29 is 4.79 Å². The van der Waals surface area contributed by atoms with Crippen molar-refractivity contribution in [2.45, 2.75) is 6.92 Å². The number of nitrogens with zero attached hydrogens (tertiary/aromatic N) is 2. The van der Waals surface area contributed by atoms with Crippen LogP contribution in [0.15, 0.2) is 54.6 Å². The molecule has 1 aliphatic rings. The summed E-state index contributed by atoms with van der Waals surface area (Å²) < 4.78 is 0. The SMILES string of the molecule is Cc1cc(C#CCNc2cccc(C#N)c2)ccc1C(=O)N1CC=CC1. The second-order valence-corrected chi connectivity index (χ2v) is 6.06. The normalized spacial score (nSPS) is 12.2. The van der Waals surface area contributed by atoms with E-state index in [4.69, 9.17) is 5.26 Å². The Balaban J connectivity index is 1.62. The molecule has 1 amide bonds. The number of hydrogen-bond donors (Lipinski definition) is 1. The Labute approximate surface area is 153 Å². The Kier molecular flexibility index (Phi) is 5.37. The fourth-order valence-electron chi connectivity index (χ4n) is 2.79. The van der Waals surface area contributed by atoms with Crippen LogP contribution in [0.5, 0.6) is 0 Å². The zero-order chi connectivity index (χ0) is 18.4. The van der Waals surface area contributed by atoms with Gasteiger partial charge in [0.1, 0.15) is 0 Å². The molecule has 1 aliphatic heterocycles. The first-order valence-corrected chi connectivity index (χ1v) is 8.45. The van der Waals surface area contributed by atoms with Crippen LogP contribution >= 0.6 is 0 Å². The standard InChI is InChI=1S/C22H19N3O/c1-17-14-18(9-10-21(17)22(26)25-12-2-3-13-25)7-5-11-24-20-8-4-6-19(15-20)16-23/h2-4,6,8-10,14-15,24H,11-13H2,1H3. The van der Waals surface area contributed by atoms with Crippen LogP contribution in [0.25, 0.3) is 0 Å². The lowest BCUT2D eigenvalue weighted by Gasteiger charge is -2.16. The fraction of sp³-hybridized carbons (Fsp3) is 0.182. The highest BCUT2D eigenvalue weighted by atomic mass is 16.2. The molecule has 0 aromatic heterocycles. The highest BCUT2D eigenvalue weighted by Gasteiger charge is 2.17. The molecule has 1 heterocycles. The first-order chi connectivity index (χ1) is 12.7. The van der Waals surface area contributed by atoms with E-state index >= 15 is 0 Å². The van der Waals surface area contributed by atoms with Crippen molar-refractivity contribution in [3.8, 4) is 17.9 Å². The van der Waals surface area contributed by atoms with Gasteiger partial charge in [-0.25, -0.2) is 0 Å². The quantitative estimate of drug-likeness (QED) is 0.688. The topological polar surface area (TPSA) is 56.1 Å². The van der Waals surface area contributed by atoms with Gasteiger partial charge in [0.15, 0.2) is 0 Å². The minimum Gasteiger partial charge on any atom is -0.374 e. The van der Waals surface area contributed by atoms with E-state index < -0.39 is 0 Å². The third-order valence-electron chi connectivity index (χ3n) is 4.17. The summed E-state index contributed by atoms with van der Waals surface area (Å²) in [6.07, 6.45) is 4.01. The van der Waals surface area contributed by atoms with Crippen molar-refractivity contribution in [3.63, 3.8) is 0 Å². The molecule has 0 fully saturated rings. The lowest BCUT2D eigenvalue weighted by atomic mass is 10.0. The van der Waals surface area contributed by atoms with Crippen LogP contribution in [-0.4, -0.2) is 30.4 Å². The molecule has 1 N–H and O–H groups in total. The lowest BCUT2D eigenvalue weighted by Crippen LogP contribution is -2.28. The maximum Gasteiger partial charge on any atom is 0.254 e. The molecule has 0 bridgehead atoms. The maximum absolute atomic E-state index is 12.5. The monoisotopic (exact) mass is 341 g/mol. The van der Waals surface area contributed by atoms with Crippen LogP contribution in [0.2, 0.25) is 0 Å². The Hall–Kier alpha value is -3.50. The summed E-state index contributed by atoms with van der Waals surface area (Å²) in [7, 11) is 0. The van der Waals surface area contributed by atoms with Gasteiger partial charge in [-0.15, -0.1) is 0 Å². The number of aryl methyl sites for hydroxylation is 1. The number of benzene rings is 2. The van der Waals surface area contributed by atoms with E-state index in [2.05, 4.69) is 23.2 Å². The van der Waals surface area contributed by atoms with Gasteiger partial charge in [-0.2, -0.15) is 5.26 Å². The van der Waals surface area contributed by atoms with Crippen molar-refractivity contribution in [2.24, 2.45) is 0 Å². The van der Waals surface area contributed by atoms with Crippen molar-refractivity contribution in [3.05, 3.63) is 76.9 Å². The first kappa shape index (κ1) is 17.3. The summed E-state index contributed by atoms with van der Waals surface area (Å²) >= 11 is 0. The molecule has 0 unspecified atom stereocenters. The van der Waals surface area contributed by atoms with Crippen molar-refractivity contribution >= 4 is 11.6 Å². The minimum absolute atomic E-state index is 0.0612. The van der Waals surface area contributed by atoms with Gasteiger partial charge in [0.25, 0.3) is 5.91 Å². The van der Waals surface area contributed by atoms with E-state index in [1.807, 2.05) is 54.3 Å². The number of anilines is 1. The Bertz CT molecular complexity index is 949. The van der Waals surface area contributed by atoms with Gasteiger partial charge in [-0.3, -0.25) is 4.79 Å². The number of nitrogens with one attached hydrogen (secondary N) is 1. The Morgan fingerprint density at radius 3 is 2.69 bits per heavy atom. The predicted molar refractivity (Wildman–Crippen MR) is 103 cm³/mol. The van der Waals surface area contributed by atoms with E-state index in [9.17, 15) is 4.79 Å². The molecule has 0 saturated carbocycles. The average molecular weight is 341 g/mol. The van der Waals surface area contributed by atoms with Gasteiger partial charge in [-0.05, 0) is 48.9 Å². The predicted octanol–water partition coefficient (Wildman–Crippen LogP) is 3.34. The summed E-state index contributed by atoms with van der Waals surface area (Å²) in [6.45, 7) is 3.78. The zero-order valence-corrected chi connectivity index (χ0v) is 14.6. The van der Waals surface area contributed by atoms with Crippen LogP contribution in [-0.2, 0) is 0 Å². The van der Waals surface area contributed by atoms with Crippen LogP contribution in [0.1, 0.15) is 27.0 Å².